The van der Waals surface area contributed by atoms with Crippen LogP contribution in [0.15, 0.2) is 72.8 Å². The number of carbonyl (C=O) groups is 2. The largest absolute Gasteiger partial charge is 0.462 e. The first-order valence-electron chi connectivity index (χ1n) is 12.4. The second-order valence-electron chi connectivity index (χ2n) is 8.83. The van der Waals surface area contributed by atoms with Gasteiger partial charge in [-0.2, -0.15) is 0 Å². The molecule has 188 valence electrons. The van der Waals surface area contributed by atoms with Crippen LogP contribution >= 0.6 is 11.6 Å². The standard InChI is InChI=1S/C29H32ClN3O3/c1-2-36-29(35)24-10-8-22(9-11-24)14-15-31-28(34)26-20-25(30)12-13-27(26)33-18-16-32(17-19-33)21-23-6-4-3-5-7-23/h3-13,20H,2,14-19,21H2,1H3,(H,31,34). The topological polar surface area (TPSA) is 61.9 Å². The second kappa shape index (κ2) is 12.6. The van der Waals surface area contributed by atoms with Crippen LogP contribution in [0, 0.1) is 0 Å². The molecule has 0 spiro atoms. The molecule has 1 fully saturated rings. The van der Waals surface area contributed by atoms with Crippen LogP contribution in [0.5, 0.6) is 0 Å². The normalized spacial score (nSPS) is 13.9. The van der Waals surface area contributed by atoms with E-state index in [4.69, 9.17) is 16.3 Å². The molecule has 1 heterocycles. The van der Waals surface area contributed by atoms with Gasteiger partial charge in [-0.3, -0.25) is 9.69 Å². The van der Waals surface area contributed by atoms with E-state index in [-0.39, 0.29) is 11.9 Å². The molecule has 1 aliphatic heterocycles. The van der Waals surface area contributed by atoms with Gasteiger partial charge in [0.25, 0.3) is 5.91 Å². The van der Waals surface area contributed by atoms with Gasteiger partial charge < -0.3 is 15.0 Å². The van der Waals surface area contributed by atoms with Gasteiger partial charge in [0, 0.05) is 50.0 Å². The molecule has 1 aliphatic rings. The van der Waals surface area contributed by atoms with Gasteiger partial charge in [-0.05, 0) is 54.8 Å². The minimum Gasteiger partial charge on any atom is -0.462 e. The molecule has 6 nitrogen and oxygen atoms in total. The lowest BCUT2D eigenvalue weighted by Crippen LogP contribution is -2.46. The maximum absolute atomic E-state index is 13.1. The van der Waals surface area contributed by atoms with Crippen molar-refractivity contribution in [1.82, 2.24) is 10.2 Å². The Morgan fingerprint density at radius 1 is 0.917 bits per heavy atom. The number of hydrogen-bond acceptors (Lipinski definition) is 5. The number of ether oxygens (including phenoxy) is 1. The molecule has 1 N–H and O–H groups in total. The Kier molecular flexibility index (Phi) is 8.98. The van der Waals surface area contributed by atoms with Crippen LogP contribution in [0.2, 0.25) is 5.02 Å². The molecule has 0 bridgehead atoms. The molecule has 1 amide bonds. The fourth-order valence-electron chi connectivity index (χ4n) is 4.39. The highest BCUT2D eigenvalue weighted by atomic mass is 35.5. The SMILES string of the molecule is CCOC(=O)c1ccc(CCNC(=O)c2cc(Cl)ccc2N2CCN(Cc3ccccc3)CC2)cc1. The van der Waals surface area contributed by atoms with Gasteiger partial charge in [-0.25, -0.2) is 4.79 Å². The van der Waals surface area contributed by atoms with E-state index >= 15 is 0 Å². The molecule has 4 rings (SSSR count). The number of esters is 1. The number of piperazine rings is 1. The first-order valence-corrected chi connectivity index (χ1v) is 12.8. The molecule has 0 aromatic heterocycles. The molecule has 1 saturated heterocycles. The van der Waals surface area contributed by atoms with Gasteiger partial charge in [0.2, 0.25) is 0 Å². The maximum atomic E-state index is 13.1. The minimum absolute atomic E-state index is 0.137. The van der Waals surface area contributed by atoms with Crippen molar-refractivity contribution < 1.29 is 14.3 Å². The highest BCUT2D eigenvalue weighted by Crippen LogP contribution is 2.26. The number of nitrogens with one attached hydrogen (secondary N) is 1. The van der Waals surface area contributed by atoms with Crippen LogP contribution in [0.4, 0.5) is 5.69 Å². The Labute approximate surface area is 217 Å². The van der Waals surface area contributed by atoms with Crippen LogP contribution in [0.25, 0.3) is 0 Å². The number of halogens is 1. The van der Waals surface area contributed by atoms with Gasteiger partial charge >= 0.3 is 5.97 Å². The van der Waals surface area contributed by atoms with E-state index in [0.717, 1.165) is 44.0 Å². The summed E-state index contributed by atoms with van der Waals surface area (Å²) in [5.41, 5.74) is 4.38. The smallest absolute Gasteiger partial charge is 0.338 e. The summed E-state index contributed by atoms with van der Waals surface area (Å²) in [6.45, 7) is 7.11. The molecule has 0 aliphatic carbocycles. The average molecular weight is 506 g/mol. The van der Waals surface area contributed by atoms with E-state index in [0.29, 0.717) is 35.7 Å². The fraction of sp³-hybridized carbons (Fsp3) is 0.310. The zero-order valence-electron chi connectivity index (χ0n) is 20.6. The summed E-state index contributed by atoms with van der Waals surface area (Å²) in [4.78, 5) is 29.6. The molecule has 0 atom stereocenters. The molecule has 36 heavy (non-hydrogen) atoms. The minimum atomic E-state index is -0.327. The van der Waals surface area contributed by atoms with E-state index in [1.165, 1.54) is 5.56 Å². The zero-order valence-corrected chi connectivity index (χ0v) is 21.3. The predicted octanol–water partition coefficient (Wildman–Crippen LogP) is 4.81. The lowest BCUT2D eigenvalue weighted by molar-refractivity contribution is 0.0526. The lowest BCUT2D eigenvalue weighted by Gasteiger charge is -2.37. The number of rotatable bonds is 9. The summed E-state index contributed by atoms with van der Waals surface area (Å²) >= 11 is 6.26. The van der Waals surface area contributed by atoms with Crippen molar-refractivity contribution in [2.75, 3.05) is 44.2 Å². The first kappa shape index (κ1) is 25.7. The predicted molar refractivity (Wildman–Crippen MR) is 144 cm³/mol. The number of amides is 1. The Morgan fingerprint density at radius 2 is 1.64 bits per heavy atom. The van der Waals surface area contributed by atoms with Crippen molar-refractivity contribution in [2.45, 2.75) is 19.9 Å². The molecule has 3 aromatic carbocycles. The summed E-state index contributed by atoms with van der Waals surface area (Å²) in [5.74, 6) is -0.464. The quantitative estimate of drug-likeness (QED) is 0.423. The van der Waals surface area contributed by atoms with Crippen molar-refractivity contribution in [3.8, 4) is 0 Å². The Bertz CT molecular complexity index is 1160. The van der Waals surface area contributed by atoms with E-state index in [2.05, 4.69) is 39.4 Å². The number of benzene rings is 3. The van der Waals surface area contributed by atoms with Crippen LogP contribution in [-0.2, 0) is 17.7 Å². The molecular formula is C29H32ClN3O3. The summed E-state index contributed by atoms with van der Waals surface area (Å²) < 4.78 is 5.02. The van der Waals surface area contributed by atoms with Gasteiger partial charge in [0.05, 0.1) is 17.7 Å². The number of hydrogen-bond donors (Lipinski definition) is 1. The third-order valence-electron chi connectivity index (χ3n) is 6.33. The van der Waals surface area contributed by atoms with Crippen molar-refractivity contribution in [3.63, 3.8) is 0 Å². The van der Waals surface area contributed by atoms with Crippen LogP contribution in [0.3, 0.4) is 0 Å². The molecular weight excluding hydrogens is 474 g/mol. The molecule has 7 heteroatoms. The summed E-state index contributed by atoms with van der Waals surface area (Å²) in [6, 6.07) is 23.3. The van der Waals surface area contributed by atoms with Gasteiger partial charge in [0.1, 0.15) is 0 Å². The number of nitrogens with zero attached hydrogens (tertiary/aromatic N) is 2. The summed E-state index contributed by atoms with van der Waals surface area (Å²) in [6.07, 6.45) is 0.656. The molecule has 0 saturated carbocycles. The number of carbonyl (C=O) groups excluding carboxylic acids is 2. The first-order chi connectivity index (χ1) is 17.5. The third-order valence-corrected chi connectivity index (χ3v) is 6.56. The van der Waals surface area contributed by atoms with Crippen LogP contribution < -0.4 is 10.2 Å². The monoisotopic (exact) mass is 505 g/mol. The van der Waals surface area contributed by atoms with E-state index in [1.807, 2.05) is 30.3 Å². The Hall–Kier alpha value is -3.35. The van der Waals surface area contributed by atoms with Gasteiger partial charge in [-0.15, -0.1) is 0 Å². The fourth-order valence-corrected chi connectivity index (χ4v) is 4.56. The van der Waals surface area contributed by atoms with Crippen molar-refractivity contribution in [1.29, 1.82) is 0 Å². The zero-order chi connectivity index (χ0) is 25.3. The highest BCUT2D eigenvalue weighted by molar-refractivity contribution is 6.31. The van der Waals surface area contributed by atoms with Crippen LogP contribution in [0.1, 0.15) is 38.8 Å². The molecule has 0 unspecified atom stereocenters. The average Bonchev–Trinajstić information content (AvgIpc) is 2.90. The second-order valence-corrected chi connectivity index (χ2v) is 9.27. The molecule has 3 aromatic rings. The van der Waals surface area contributed by atoms with Crippen molar-refractivity contribution in [2.24, 2.45) is 0 Å². The molecule has 0 radical (unpaired) electrons. The van der Waals surface area contributed by atoms with E-state index < -0.39 is 0 Å². The van der Waals surface area contributed by atoms with Gasteiger partial charge in [0.15, 0.2) is 0 Å². The van der Waals surface area contributed by atoms with Crippen LogP contribution in [-0.4, -0.2) is 56.1 Å². The Balaban J connectivity index is 1.32. The maximum Gasteiger partial charge on any atom is 0.338 e. The lowest BCUT2D eigenvalue weighted by atomic mass is 10.1. The van der Waals surface area contributed by atoms with Gasteiger partial charge in [-0.1, -0.05) is 54.1 Å². The summed E-state index contributed by atoms with van der Waals surface area (Å²) in [5, 5.41) is 3.57. The van der Waals surface area contributed by atoms with Crippen molar-refractivity contribution in [3.05, 3.63) is 100 Å². The highest BCUT2D eigenvalue weighted by Gasteiger charge is 2.22. The summed E-state index contributed by atoms with van der Waals surface area (Å²) in [7, 11) is 0. The Morgan fingerprint density at radius 3 is 2.33 bits per heavy atom. The van der Waals surface area contributed by atoms with Crippen molar-refractivity contribution >= 4 is 29.2 Å². The van der Waals surface area contributed by atoms with E-state index in [1.54, 1.807) is 25.1 Å². The number of anilines is 1. The van der Waals surface area contributed by atoms with E-state index in [9.17, 15) is 9.59 Å². The third kappa shape index (κ3) is 6.86.